The van der Waals surface area contributed by atoms with Gasteiger partial charge in [-0.15, -0.1) is 5.10 Å². The fourth-order valence-corrected chi connectivity index (χ4v) is 1.54. The molecule has 18 heavy (non-hydrogen) atoms. The molecule has 1 aliphatic rings. The number of aromatic amines is 1. The number of nitrogens with one attached hydrogen (secondary N) is 2. The Hall–Kier alpha value is -2.31. The maximum atomic E-state index is 12.6. The minimum atomic E-state index is -0.461. The minimum absolute atomic E-state index is 0.0722. The molecule has 2 N–H and O–H groups in total. The van der Waals surface area contributed by atoms with E-state index in [1.165, 1.54) is 12.1 Å². The van der Waals surface area contributed by atoms with Crippen molar-refractivity contribution in [1.29, 1.82) is 0 Å². The third-order valence-corrected chi connectivity index (χ3v) is 2.64. The number of halogens is 1. The number of H-pyrrole nitrogens is 1. The van der Waals surface area contributed by atoms with Crippen molar-refractivity contribution in [3.63, 3.8) is 0 Å². The van der Waals surface area contributed by atoms with Crippen LogP contribution in [0.2, 0.25) is 0 Å². The molecule has 0 saturated heterocycles. The summed E-state index contributed by atoms with van der Waals surface area (Å²) in [5, 5.41) is 9.08. The van der Waals surface area contributed by atoms with Crippen molar-refractivity contribution in [1.82, 2.24) is 20.2 Å². The van der Waals surface area contributed by atoms with Gasteiger partial charge in [-0.25, -0.2) is 14.4 Å². The molecule has 0 aliphatic heterocycles. The Morgan fingerprint density at radius 1 is 1.44 bits per heavy atom. The lowest BCUT2D eigenvalue weighted by Gasteiger charge is -2.00. The molecule has 0 spiro atoms. The van der Waals surface area contributed by atoms with Crippen molar-refractivity contribution < 1.29 is 9.18 Å². The number of hydrogen-bond acceptors (Lipinski definition) is 4. The third kappa shape index (κ3) is 2.20. The van der Waals surface area contributed by atoms with Crippen LogP contribution in [0.25, 0.3) is 0 Å². The van der Waals surface area contributed by atoms with Crippen LogP contribution in [0, 0.1) is 5.82 Å². The summed E-state index contributed by atoms with van der Waals surface area (Å²) in [6, 6.07) is 2.60. The quantitative estimate of drug-likeness (QED) is 0.860. The summed E-state index contributed by atoms with van der Waals surface area (Å²) in [6.45, 7) is 0. The van der Waals surface area contributed by atoms with Crippen LogP contribution in [-0.2, 0) is 0 Å². The molecule has 0 atom stereocenters. The molecule has 0 unspecified atom stereocenters. The molecule has 0 bridgehead atoms. The van der Waals surface area contributed by atoms with Crippen LogP contribution in [0.15, 0.2) is 18.3 Å². The standard InChI is InChI=1S/C11H10FN5O/c12-7-3-4-8(13-5-7)14-11(18)10-15-9(16-17-10)6-1-2-6/h3-6H,1-2H2,(H,13,14,18)(H,15,16,17). The van der Waals surface area contributed by atoms with Crippen molar-refractivity contribution in [2.24, 2.45) is 0 Å². The van der Waals surface area contributed by atoms with Gasteiger partial charge in [-0.05, 0) is 25.0 Å². The highest BCUT2D eigenvalue weighted by molar-refractivity contribution is 6.00. The normalized spacial score (nSPS) is 14.5. The van der Waals surface area contributed by atoms with Crippen LogP contribution in [0.3, 0.4) is 0 Å². The van der Waals surface area contributed by atoms with E-state index in [1.54, 1.807) is 0 Å². The number of pyridine rings is 1. The van der Waals surface area contributed by atoms with E-state index in [1.807, 2.05) is 0 Å². The van der Waals surface area contributed by atoms with E-state index in [9.17, 15) is 9.18 Å². The molecular weight excluding hydrogens is 237 g/mol. The predicted molar refractivity (Wildman–Crippen MR) is 60.5 cm³/mol. The van der Waals surface area contributed by atoms with Crippen LogP contribution in [0.5, 0.6) is 0 Å². The Bertz CT molecular complexity index is 575. The monoisotopic (exact) mass is 247 g/mol. The second-order valence-electron chi connectivity index (χ2n) is 4.13. The summed E-state index contributed by atoms with van der Waals surface area (Å²) < 4.78 is 12.6. The lowest BCUT2D eigenvalue weighted by atomic mass is 10.4. The summed E-state index contributed by atoms with van der Waals surface area (Å²) >= 11 is 0. The molecule has 2 heterocycles. The number of carbonyl (C=O) groups is 1. The third-order valence-electron chi connectivity index (χ3n) is 2.64. The highest BCUT2D eigenvalue weighted by atomic mass is 19.1. The van der Waals surface area contributed by atoms with E-state index < -0.39 is 11.7 Å². The number of anilines is 1. The first kappa shape index (κ1) is 10.8. The molecule has 6 nitrogen and oxygen atoms in total. The molecule has 1 aliphatic carbocycles. The van der Waals surface area contributed by atoms with Crippen molar-refractivity contribution >= 4 is 11.7 Å². The summed E-state index contributed by atoms with van der Waals surface area (Å²) in [7, 11) is 0. The Labute approximate surface area is 102 Å². The van der Waals surface area contributed by atoms with E-state index in [-0.39, 0.29) is 11.6 Å². The zero-order chi connectivity index (χ0) is 12.5. The molecule has 1 fully saturated rings. The lowest BCUT2D eigenvalue weighted by Crippen LogP contribution is -2.14. The Morgan fingerprint density at radius 3 is 2.94 bits per heavy atom. The molecule has 3 rings (SSSR count). The van der Waals surface area contributed by atoms with Gasteiger partial charge in [-0.3, -0.25) is 9.89 Å². The molecule has 1 saturated carbocycles. The molecular formula is C11H10FN5O. The number of hydrogen-bond donors (Lipinski definition) is 2. The Morgan fingerprint density at radius 2 is 2.28 bits per heavy atom. The van der Waals surface area contributed by atoms with Crippen LogP contribution >= 0.6 is 0 Å². The van der Waals surface area contributed by atoms with E-state index in [4.69, 9.17) is 0 Å². The van der Waals surface area contributed by atoms with E-state index in [0.717, 1.165) is 24.9 Å². The molecule has 7 heteroatoms. The average molecular weight is 247 g/mol. The van der Waals surface area contributed by atoms with Crippen LogP contribution in [0.4, 0.5) is 10.2 Å². The molecule has 0 aromatic carbocycles. The number of carbonyl (C=O) groups excluding carboxylic acids is 1. The SMILES string of the molecule is O=C(Nc1ccc(F)cn1)c1n[nH]c(C2CC2)n1. The van der Waals surface area contributed by atoms with Gasteiger partial charge < -0.3 is 5.32 Å². The summed E-state index contributed by atoms with van der Waals surface area (Å²) in [6.07, 6.45) is 3.19. The predicted octanol–water partition coefficient (Wildman–Crippen LogP) is 1.47. The van der Waals surface area contributed by atoms with Gasteiger partial charge in [0.05, 0.1) is 6.20 Å². The molecule has 1 amide bonds. The molecule has 2 aromatic rings. The number of aromatic nitrogens is 4. The van der Waals surface area contributed by atoms with Crippen molar-refractivity contribution in [3.05, 3.63) is 35.8 Å². The van der Waals surface area contributed by atoms with Gasteiger partial charge in [-0.2, -0.15) is 0 Å². The first-order valence-electron chi connectivity index (χ1n) is 5.57. The highest BCUT2D eigenvalue weighted by Gasteiger charge is 2.28. The first-order valence-corrected chi connectivity index (χ1v) is 5.57. The summed E-state index contributed by atoms with van der Waals surface area (Å²) in [5.41, 5.74) is 0. The van der Waals surface area contributed by atoms with Gasteiger partial charge in [0.15, 0.2) is 0 Å². The number of nitrogens with zero attached hydrogens (tertiary/aromatic N) is 3. The van der Waals surface area contributed by atoms with E-state index >= 15 is 0 Å². The zero-order valence-corrected chi connectivity index (χ0v) is 9.35. The maximum Gasteiger partial charge on any atom is 0.296 e. The largest absolute Gasteiger partial charge is 0.304 e. The number of amides is 1. The first-order chi connectivity index (χ1) is 8.72. The minimum Gasteiger partial charge on any atom is -0.304 e. The van der Waals surface area contributed by atoms with Gasteiger partial charge in [0, 0.05) is 5.92 Å². The van der Waals surface area contributed by atoms with Gasteiger partial charge in [-0.1, -0.05) is 0 Å². The van der Waals surface area contributed by atoms with Crippen molar-refractivity contribution in [3.8, 4) is 0 Å². The Kier molecular flexibility index (Phi) is 2.51. The van der Waals surface area contributed by atoms with Gasteiger partial charge >= 0.3 is 0 Å². The second-order valence-corrected chi connectivity index (χ2v) is 4.13. The fourth-order valence-electron chi connectivity index (χ4n) is 1.54. The molecule has 0 radical (unpaired) electrons. The maximum absolute atomic E-state index is 12.6. The molecule has 92 valence electrons. The molecule has 2 aromatic heterocycles. The lowest BCUT2D eigenvalue weighted by molar-refractivity contribution is 0.101. The van der Waals surface area contributed by atoms with Gasteiger partial charge in [0.25, 0.3) is 5.91 Å². The van der Waals surface area contributed by atoms with Gasteiger partial charge in [0.1, 0.15) is 17.5 Å². The Balaban J connectivity index is 1.71. The van der Waals surface area contributed by atoms with Gasteiger partial charge in [0.2, 0.25) is 5.82 Å². The van der Waals surface area contributed by atoms with E-state index in [2.05, 4.69) is 25.5 Å². The topological polar surface area (TPSA) is 83.6 Å². The summed E-state index contributed by atoms with van der Waals surface area (Å²) in [4.78, 5) is 19.6. The van der Waals surface area contributed by atoms with E-state index in [0.29, 0.717) is 5.92 Å². The van der Waals surface area contributed by atoms with Crippen LogP contribution in [-0.4, -0.2) is 26.1 Å². The fraction of sp³-hybridized carbons (Fsp3) is 0.273. The average Bonchev–Trinajstić information content (AvgIpc) is 3.10. The van der Waals surface area contributed by atoms with Crippen molar-refractivity contribution in [2.45, 2.75) is 18.8 Å². The van der Waals surface area contributed by atoms with Crippen LogP contribution < -0.4 is 5.32 Å². The second kappa shape index (κ2) is 4.17. The highest BCUT2D eigenvalue weighted by Crippen LogP contribution is 2.37. The van der Waals surface area contributed by atoms with Crippen LogP contribution in [0.1, 0.15) is 35.2 Å². The van der Waals surface area contributed by atoms with Crippen molar-refractivity contribution in [2.75, 3.05) is 5.32 Å². The number of rotatable bonds is 3. The zero-order valence-electron chi connectivity index (χ0n) is 9.35. The summed E-state index contributed by atoms with van der Waals surface area (Å²) in [5.74, 6) is 0.566. The smallest absolute Gasteiger partial charge is 0.296 e.